The largest absolute Gasteiger partial charge is 0.353 e. The molecule has 1 aliphatic rings. The van der Waals surface area contributed by atoms with E-state index >= 15 is 0 Å². The molecule has 9 nitrogen and oxygen atoms in total. The van der Waals surface area contributed by atoms with E-state index in [0.717, 1.165) is 31.2 Å². The van der Waals surface area contributed by atoms with Crippen LogP contribution >= 0.6 is 11.8 Å². The Morgan fingerprint density at radius 1 is 1.15 bits per heavy atom. The lowest BCUT2D eigenvalue weighted by atomic mass is 9.91. The third-order valence-corrected chi connectivity index (χ3v) is 7.08. The number of fused-ring (bicyclic) bond motifs is 2. The number of amides is 1. The Morgan fingerprint density at radius 3 is 2.74 bits per heavy atom. The van der Waals surface area contributed by atoms with Crippen LogP contribution in [0.15, 0.2) is 57.2 Å². The minimum Gasteiger partial charge on any atom is -0.353 e. The number of para-hydroxylation sites is 1. The van der Waals surface area contributed by atoms with Crippen LogP contribution in [0.2, 0.25) is 0 Å². The molecule has 0 saturated heterocycles. The molecule has 0 aliphatic heterocycles. The predicted octanol–water partition coefficient (Wildman–Crippen LogP) is 2.83. The number of aromatic nitrogens is 4. The van der Waals surface area contributed by atoms with Gasteiger partial charge in [-0.2, -0.15) is 5.26 Å². The summed E-state index contributed by atoms with van der Waals surface area (Å²) in [5.74, 6) is 0.0437. The predicted molar refractivity (Wildman–Crippen MR) is 130 cm³/mol. The van der Waals surface area contributed by atoms with Crippen molar-refractivity contribution in [2.75, 3.05) is 5.75 Å². The van der Waals surface area contributed by atoms with E-state index in [9.17, 15) is 14.4 Å². The van der Waals surface area contributed by atoms with Gasteiger partial charge in [-0.3, -0.25) is 14.2 Å². The first-order chi connectivity index (χ1) is 16.5. The van der Waals surface area contributed by atoms with Crippen LogP contribution in [0.3, 0.4) is 0 Å². The van der Waals surface area contributed by atoms with Crippen LogP contribution in [0.1, 0.15) is 37.3 Å². The normalized spacial score (nSPS) is 18.1. The molecule has 0 spiro atoms. The van der Waals surface area contributed by atoms with Crippen LogP contribution in [0.4, 0.5) is 0 Å². The molecule has 3 N–H and O–H groups in total. The molecule has 5 rings (SSSR count). The molecule has 10 heteroatoms. The zero-order valence-corrected chi connectivity index (χ0v) is 19.0. The fraction of sp³-hybridized carbons (Fsp3) is 0.292. The van der Waals surface area contributed by atoms with Gasteiger partial charge in [-0.05, 0) is 56.0 Å². The maximum Gasteiger partial charge on any atom is 0.326 e. The van der Waals surface area contributed by atoms with Gasteiger partial charge in [0.15, 0.2) is 5.16 Å². The van der Waals surface area contributed by atoms with Gasteiger partial charge in [0.1, 0.15) is 0 Å². The lowest BCUT2D eigenvalue weighted by Gasteiger charge is -2.29. The van der Waals surface area contributed by atoms with Gasteiger partial charge in [-0.25, -0.2) is 9.78 Å². The van der Waals surface area contributed by atoms with E-state index in [4.69, 9.17) is 5.26 Å². The van der Waals surface area contributed by atoms with Crippen molar-refractivity contribution in [1.82, 2.24) is 24.8 Å². The molecule has 2 heterocycles. The third kappa shape index (κ3) is 4.34. The SMILES string of the molecule is N#Cc1ccc2c(c1)[nH]c(=O)n2C1CCC(NC(=O)CSc2nc3ccccc3c(=O)[nH]2)CC1. The summed E-state index contributed by atoms with van der Waals surface area (Å²) in [7, 11) is 0. The Bertz CT molecular complexity index is 1540. The second kappa shape index (κ2) is 9.19. The summed E-state index contributed by atoms with van der Waals surface area (Å²) in [6.07, 6.45) is 3.07. The molecular formula is C24H22N6O3S. The van der Waals surface area contributed by atoms with Crippen molar-refractivity contribution in [3.8, 4) is 6.07 Å². The molecule has 1 aliphatic carbocycles. The average molecular weight is 475 g/mol. The van der Waals surface area contributed by atoms with Crippen molar-refractivity contribution in [2.45, 2.75) is 42.9 Å². The minimum absolute atomic E-state index is 0.0408. The van der Waals surface area contributed by atoms with E-state index in [-0.39, 0.29) is 35.0 Å². The molecule has 172 valence electrons. The third-order valence-electron chi connectivity index (χ3n) is 6.20. The van der Waals surface area contributed by atoms with E-state index in [1.165, 1.54) is 11.8 Å². The highest BCUT2D eigenvalue weighted by Crippen LogP contribution is 2.30. The molecule has 2 aromatic carbocycles. The Kier molecular flexibility index (Phi) is 5.94. The number of hydrogen-bond donors (Lipinski definition) is 3. The summed E-state index contributed by atoms with van der Waals surface area (Å²) < 4.78 is 1.77. The van der Waals surface area contributed by atoms with E-state index < -0.39 is 0 Å². The van der Waals surface area contributed by atoms with Crippen LogP contribution in [0, 0.1) is 11.3 Å². The number of carbonyl (C=O) groups is 1. The molecule has 0 bridgehead atoms. The average Bonchev–Trinajstić information content (AvgIpc) is 3.18. The van der Waals surface area contributed by atoms with Gasteiger partial charge in [-0.15, -0.1) is 0 Å². The van der Waals surface area contributed by atoms with Crippen molar-refractivity contribution >= 4 is 39.6 Å². The van der Waals surface area contributed by atoms with E-state index in [2.05, 4.69) is 26.3 Å². The van der Waals surface area contributed by atoms with Gasteiger partial charge >= 0.3 is 5.69 Å². The first kappa shape index (κ1) is 22.0. The number of benzene rings is 2. The summed E-state index contributed by atoms with van der Waals surface area (Å²) in [4.78, 5) is 47.2. The molecule has 1 amide bonds. The molecule has 0 radical (unpaired) electrons. The molecular weight excluding hydrogens is 452 g/mol. The lowest BCUT2D eigenvalue weighted by molar-refractivity contribution is -0.119. The number of nitrogens with one attached hydrogen (secondary N) is 3. The van der Waals surface area contributed by atoms with Gasteiger partial charge in [0, 0.05) is 12.1 Å². The standard InChI is InChI=1S/C24H22N6O3S/c25-12-14-5-10-20-19(11-14)28-24(33)30(20)16-8-6-15(7-9-16)26-21(31)13-34-23-27-18-4-2-1-3-17(18)22(32)29-23/h1-5,10-11,15-16H,6-9,13H2,(H,26,31)(H,28,33)(H,27,29,32). The minimum atomic E-state index is -0.219. The number of nitrogens with zero attached hydrogens (tertiary/aromatic N) is 3. The van der Waals surface area contributed by atoms with E-state index in [1.54, 1.807) is 34.9 Å². The van der Waals surface area contributed by atoms with E-state index in [1.807, 2.05) is 12.1 Å². The van der Waals surface area contributed by atoms with Crippen LogP contribution < -0.4 is 16.6 Å². The zero-order chi connectivity index (χ0) is 23.7. The number of H-pyrrole nitrogens is 2. The molecule has 0 unspecified atom stereocenters. The van der Waals surface area contributed by atoms with Crippen LogP contribution in [-0.2, 0) is 4.79 Å². The van der Waals surface area contributed by atoms with Gasteiger partial charge in [0.05, 0.1) is 39.3 Å². The fourth-order valence-corrected chi connectivity index (χ4v) is 5.26. The second-order valence-corrected chi connectivity index (χ2v) is 9.36. The number of imidazole rings is 1. The van der Waals surface area contributed by atoms with Crippen molar-refractivity contribution in [3.63, 3.8) is 0 Å². The monoisotopic (exact) mass is 474 g/mol. The Morgan fingerprint density at radius 2 is 1.94 bits per heavy atom. The van der Waals surface area contributed by atoms with Crippen molar-refractivity contribution in [1.29, 1.82) is 5.26 Å². The van der Waals surface area contributed by atoms with Crippen LogP contribution in [0.25, 0.3) is 21.9 Å². The number of nitriles is 1. The van der Waals surface area contributed by atoms with Gasteiger partial charge in [0.25, 0.3) is 5.56 Å². The summed E-state index contributed by atoms with van der Waals surface area (Å²) >= 11 is 1.20. The Balaban J connectivity index is 1.18. The smallest absolute Gasteiger partial charge is 0.326 e. The summed E-state index contributed by atoms with van der Waals surface area (Å²) in [6, 6.07) is 14.5. The summed E-state index contributed by atoms with van der Waals surface area (Å²) in [5.41, 5.74) is 2.17. The molecule has 34 heavy (non-hydrogen) atoms. The van der Waals surface area contributed by atoms with Crippen molar-refractivity contribution < 1.29 is 4.79 Å². The maximum absolute atomic E-state index is 12.5. The summed E-state index contributed by atoms with van der Waals surface area (Å²) in [5, 5.41) is 13.1. The highest BCUT2D eigenvalue weighted by Gasteiger charge is 2.26. The summed E-state index contributed by atoms with van der Waals surface area (Å²) in [6.45, 7) is 0. The van der Waals surface area contributed by atoms with Gasteiger partial charge < -0.3 is 15.3 Å². The number of rotatable bonds is 5. The first-order valence-electron chi connectivity index (χ1n) is 11.1. The van der Waals surface area contributed by atoms with Gasteiger partial charge in [0.2, 0.25) is 5.91 Å². The first-order valence-corrected chi connectivity index (χ1v) is 12.1. The quantitative estimate of drug-likeness (QED) is 0.301. The molecule has 0 atom stereocenters. The maximum atomic E-state index is 12.5. The highest BCUT2D eigenvalue weighted by molar-refractivity contribution is 7.99. The Labute approximate surface area is 198 Å². The van der Waals surface area contributed by atoms with E-state index in [0.29, 0.717) is 27.1 Å². The van der Waals surface area contributed by atoms with Gasteiger partial charge in [-0.1, -0.05) is 23.9 Å². The second-order valence-electron chi connectivity index (χ2n) is 8.39. The molecule has 1 saturated carbocycles. The number of thioether (sulfide) groups is 1. The Hall–Kier alpha value is -3.84. The van der Waals surface area contributed by atoms with Crippen LogP contribution in [0.5, 0.6) is 0 Å². The zero-order valence-electron chi connectivity index (χ0n) is 18.2. The van der Waals surface area contributed by atoms with Crippen LogP contribution in [-0.4, -0.2) is 37.2 Å². The fourth-order valence-electron chi connectivity index (χ4n) is 4.58. The lowest BCUT2D eigenvalue weighted by Crippen LogP contribution is -2.39. The topological polar surface area (TPSA) is 136 Å². The number of carbonyl (C=O) groups excluding carboxylic acids is 1. The van der Waals surface area contributed by atoms with Crippen molar-refractivity contribution in [3.05, 3.63) is 68.9 Å². The van der Waals surface area contributed by atoms with Crippen molar-refractivity contribution in [2.24, 2.45) is 0 Å². The molecule has 4 aromatic rings. The number of aromatic amines is 2. The highest BCUT2D eigenvalue weighted by atomic mass is 32.2. The molecule has 1 fully saturated rings. The number of hydrogen-bond acceptors (Lipinski definition) is 6. The molecule has 2 aromatic heterocycles.